The van der Waals surface area contributed by atoms with Gasteiger partial charge in [-0.15, -0.1) is 0 Å². The summed E-state index contributed by atoms with van der Waals surface area (Å²) < 4.78 is 17.9. The third-order valence-electron chi connectivity index (χ3n) is 6.33. The summed E-state index contributed by atoms with van der Waals surface area (Å²) in [5.74, 6) is 0.953. The average Bonchev–Trinajstić information content (AvgIpc) is 2.69. The second-order valence-electron chi connectivity index (χ2n) is 7.51. The van der Waals surface area contributed by atoms with Gasteiger partial charge in [0.05, 0.1) is 0 Å². The van der Waals surface area contributed by atoms with Crippen molar-refractivity contribution in [2.24, 2.45) is 23.7 Å². The molecule has 5 rings (SSSR count). The Morgan fingerprint density at radius 2 is 1.86 bits per heavy atom. The second kappa shape index (κ2) is 4.65. The summed E-state index contributed by atoms with van der Waals surface area (Å²) in [6.45, 7) is 6.46. The number of rotatable bonds is 1. The van der Waals surface area contributed by atoms with Crippen LogP contribution in [0.2, 0.25) is 0 Å². The summed E-state index contributed by atoms with van der Waals surface area (Å²) in [6, 6.07) is 0. The van der Waals surface area contributed by atoms with E-state index >= 15 is 0 Å². The highest BCUT2D eigenvalue weighted by Gasteiger charge is 2.69. The molecule has 4 aliphatic heterocycles. The normalized spacial score (nSPS) is 59.4. The van der Waals surface area contributed by atoms with Crippen molar-refractivity contribution in [1.82, 2.24) is 0 Å². The van der Waals surface area contributed by atoms with Gasteiger partial charge >= 0.3 is 0 Å². The fourth-order valence-corrected chi connectivity index (χ4v) is 5.14. The Hall–Kier alpha value is -0.200. The lowest BCUT2D eigenvalue weighted by Gasteiger charge is -2.60. The molecule has 4 saturated heterocycles. The first-order valence-electron chi connectivity index (χ1n) is 8.23. The monoisotopic (exact) mass is 298 g/mol. The van der Waals surface area contributed by atoms with E-state index in [1.165, 1.54) is 6.42 Å². The Morgan fingerprint density at radius 3 is 2.62 bits per heavy atom. The molecule has 4 heterocycles. The van der Waals surface area contributed by atoms with Crippen molar-refractivity contribution >= 4 is 0 Å². The van der Waals surface area contributed by atoms with Crippen LogP contribution in [0.3, 0.4) is 0 Å². The number of fused-ring (bicyclic) bond motifs is 2. The van der Waals surface area contributed by atoms with Gasteiger partial charge in [0.2, 0.25) is 5.79 Å². The van der Waals surface area contributed by atoms with Gasteiger partial charge < -0.3 is 14.2 Å². The zero-order valence-electron chi connectivity index (χ0n) is 13.3. The minimum Gasteiger partial charge on any atom is -0.355 e. The Morgan fingerprint density at radius 1 is 1.05 bits per heavy atom. The van der Waals surface area contributed by atoms with Crippen LogP contribution in [0.1, 0.15) is 46.5 Å². The minimum absolute atomic E-state index is 0.230. The first kappa shape index (κ1) is 14.4. The molecule has 21 heavy (non-hydrogen) atoms. The van der Waals surface area contributed by atoms with Gasteiger partial charge in [-0.05, 0) is 38.0 Å². The Balaban J connectivity index is 1.79. The van der Waals surface area contributed by atoms with Crippen LogP contribution in [-0.2, 0) is 24.0 Å². The maximum Gasteiger partial charge on any atom is 0.201 e. The molecule has 2 bridgehead atoms. The predicted octanol–water partition coefficient (Wildman–Crippen LogP) is 2.84. The van der Waals surface area contributed by atoms with Gasteiger partial charge in [0.15, 0.2) is 18.2 Å². The zero-order valence-corrected chi connectivity index (χ0v) is 13.3. The van der Waals surface area contributed by atoms with E-state index in [0.29, 0.717) is 17.8 Å². The van der Waals surface area contributed by atoms with Crippen molar-refractivity contribution in [3.05, 3.63) is 0 Å². The molecule has 5 fully saturated rings. The fraction of sp³-hybridized carbons (Fsp3) is 1.00. The molecule has 5 heteroatoms. The summed E-state index contributed by atoms with van der Waals surface area (Å²) in [5.41, 5.74) is -0.470. The topological polar surface area (TPSA) is 46.2 Å². The van der Waals surface area contributed by atoms with Gasteiger partial charge in [0.25, 0.3) is 0 Å². The number of hydrogen-bond donors (Lipinski definition) is 0. The van der Waals surface area contributed by atoms with Crippen molar-refractivity contribution < 1.29 is 24.0 Å². The third-order valence-corrected chi connectivity index (χ3v) is 6.33. The van der Waals surface area contributed by atoms with E-state index in [9.17, 15) is 0 Å². The fourth-order valence-electron chi connectivity index (χ4n) is 5.14. The summed E-state index contributed by atoms with van der Waals surface area (Å²) in [7, 11) is 1.70. The highest BCUT2D eigenvalue weighted by atomic mass is 17.3. The van der Waals surface area contributed by atoms with E-state index in [4.69, 9.17) is 24.0 Å². The zero-order chi connectivity index (χ0) is 14.8. The minimum atomic E-state index is -0.698. The van der Waals surface area contributed by atoms with Gasteiger partial charge in [0.1, 0.15) is 0 Å². The van der Waals surface area contributed by atoms with Crippen LogP contribution >= 0.6 is 0 Å². The maximum absolute atomic E-state index is 6.21. The largest absolute Gasteiger partial charge is 0.355 e. The molecule has 1 saturated carbocycles. The van der Waals surface area contributed by atoms with Crippen LogP contribution in [-0.4, -0.2) is 31.1 Å². The Labute approximate surface area is 126 Å². The van der Waals surface area contributed by atoms with Crippen molar-refractivity contribution in [3.63, 3.8) is 0 Å². The Kier molecular flexibility index (Phi) is 3.19. The molecule has 1 spiro atoms. The van der Waals surface area contributed by atoms with Crippen molar-refractivity contribution in [2.45, 2.75) is 70.4 Å². The molecule has 0 aromatic carbocycles. The molecule has 1 aliphatic carbocycles. The lowest BCUT2D eigenvalue weighted by atomic mass is 9.58. The van der Waals surface area contributed by atoms with Gasteiger partial charge in [-0.25, -0.2) is 9.78 Å². The van der Waals surface area contributed by atoms with Crippen LogP contribution in [0.4, 0.5) is 0 Å². The van der Waals surface area contributed by atoms with Crippen LogP contribution in [0.15, 0.2) is 0 Å². The van der Waals surface area contributed by atoms with E-state index in [1.807, 2.05) is 6.92 Å². The lowest BCUT2D eigenvalue weighted by molar-refractivity contribution is -0.577. The SMILES string of the molecule is COC1O[C@@H]2OC3(C)CCC4[C@H](C)CC[C@@H]([C@H]1C)[C@]42OO3. The molecular weight excluding hydrogens is 272 g/mol. The molecule has 120 valence electrons. The van der Waals surface area contributed by atoms with E-state index in [2.05, 4.69) is 13.8 Å². The molecule has 0 aromatic rings. The standard InChI is InChI=1S/C16H26O5/c1-9-5-6-12-10(2)13(17-4)18-14-16(12)11(9)7-8-15(3,19-14)20-21-16/h9-14H,5-8H2,1-4H3/t9-,10-,11?,12+,13?,14-,15?,16-/m1/s1. The van der Waals surface area contributed by atoms with Crippen molar-refractivity contribution in [2.75, 3.05) is 7.11 Å². The quantitative estimate of drug-likeness (QED) is 0.697. The number of hydrogen-bond acceptors (Lipinski definition) is 5. The average molecular weight is 298 g/mol. The smallest absolute Gasteiger partial charge is 0.201 e. The van der Waals surface area contributed by atoms with Gasteiger partial charge in [-0.1, -0.05) is 13.8 Å². The molecule has 0 N–H and O–H groups in total. The molecule has 5 aliphatic rings. The second-order valence-corrected chi connectivity index (χ2v) is 7.51. The van der Waals surface area contributed by atoms with Gasteiger partial charge in [0, 0.05) is 25.4 Å². The summed E-state index contributed by atoms with van der Waals surface area (Å²) >= 11 is 0. The summed E-state index contributed by atoms with van der Waals surface area (Å²) in [5, 5.41) is 0. The highest BCUT2D eigenvalue weighted by Crippen LogP contribution is 2.60. The number of methoxy groups -OCH3 is 1. The Bertz CT molecular complexity index is 429. The molecule has 0 aromatic heterocycles. The maximum atomic E-state index is 6.21. The molecule has 5 nitrogen and oxygen atoms in total. The molecular formula is C16H26O5. The molecule has 0 radical (unpaired) electrons. The molecule has 0 amide bonds. The van der Waals surface area contributed by atoms with Crippen LogP contribution in [0.25, 0.3) is 0 Å². The van der Waals surface area contributed by atoms with Gasteiger partial charge in [-0.2, -0.15) is 0 Å². The van der Waals surface area contributed by atoms with E-state index in [-0.39, 0.29) is 12.2 Å². The van der Waals surface area contributed by atoms with Crippen LogP contribution in [0, 0.1) is 23.7 Å². The van der Waals surface area contributed by atoms with E-state index in [1.54, 1.807) is 7.11 Å². The van der Waals surface area contributed by atoms with Crippen LogP contribution < -0.4 is 0 Å². The predicted molar refractivity (Wildman–Crippen MR) is 73.8 cm³/mol. The lowest BCUT2D eigenvalue weighted by Crippen LogP contribution is -2.70. The summed E-state index contributed by atoms with van der Waals surface area (Å²) in [4.78, 5) is 11.8. The van der Waals surface area contributed by atoms with Crippen molar-refractivity contribution in [1.29, 1.82) is 0 Å². The van der Waals surface area contributed by atoms with E-state index < -0.39 is 17.7 Å². The van der Waals surface area contributed by atoms with Crippen LogP contribution in [0.5, 0.6) is 0 Å². The first-order chi connectivity index (χ1) is 10.00. The third kappa shape index (κ3) is 1.81. The summed E-state index contributed by atoms with van der Waals surface area (Å²) in [6.07, 6.45) is 3.64. The van der Waals surface area contributed by atoms with E-state index in [0.717, 1.165) is 19.3 Å². The van der Waals surface area contributed by atoms with Crippen molar-refractivity contribution in [3.8, 4) is 0 Å². The highest BCUT2D eigenvalue weighted by molar-refractivity contribution is 5.08. The number of ether oxygens (including phenoxy) is 3. The molecule has 8 atom stereocenters. The first-order valence-corrected chi connectivity index (χ1v) is 8.23. The van der Waals surface area contributed by atoms with Gasteiger partial charge in [-0.3, -0.25) is 0 Å². The molecule has 3 unspecified atom stereocenters.